The lowest BCUT2D eigenvalue weighted by atomic mass is 10.3. The van der Waals surface area contributed by atoms with Gasteiger partial charge < -0.3 is 14.7 Å². The van der Waals surface area contributed by atoms with Gasteiger partial charge >= 0.3 is 6.16 Å². The lowest BCUT2D eigenvalue weighted by Gasteiger charge is -2.16. The zero-order chi connectivity index (χ0) is 12.3. The summed E-state index contributed by atoms with van der Waals surface area (Å²) in [6.07, 6.45) is -1.39. The number of anilines is 1. The Labute approximate surface area is 105 Å². The van der Waals surface area contributed by atoms with E-state index in [2.05, 4.69) is 20.7 Å². The molecule has 0 atom stereocenters. The topological polar surface area (TPSA) is 66.8 Å². The highest BCUT2D eigenvalue weighted by molar-refractivity contribution is 9.09. The number of hydrogen-bond acceptors (Lipinski definition) is 4. The fraction of sp³-hybridized carbons (Fsp3) is 0.333. The molecule has 16 heavy (non-hydrogen) atoms. The van der Waals surface area contributed by atoms with E-state index in [0.29, 0.717) is 5.69 Å². The molecule has 0 saturated carbocycles. The normalized spacial score (nSPS) is 9.94. The summed E-state index contributed by atoms with van der Waals surface area (Å²) < 4.78 is 4.61. The van der Waals surface area contributed by atoms with Crippen LogP contribution in [0.15, 0.2) is 5.38 Å². The highest BCUT2D eigenvalue weighted by Crippen LogP contribution is 2.38. The summed E-state index contributed by atoms with van der Waals surface area (Å²) in [5.74, 6) is -0.170. The molecule has 0 aliphatic rings. The summed E-state index contributed by atoms with van der Waals surface area (Å²) in [4.78, 5) is 23.3. The standard InChI is InChI=1S/C9H10BrNO4S/c1-5-4-16-8(15-9(13)14)7(5)11(2)6(12)3-10/h4H,3H2,1-2H3,(H,13,14). The van der Waals surface area contributed by atoms with Crippen molar-refractivity contribution in [2.24, 2.45) is 0 Å². The fourth-order valence-corrected chi connectivity index (χ4v) is 2.48. The number of alkyl halides is 1. The zero-order valence-corrected chi connectivity index (χ0v) is 11.1. The third kappa shape index (κ3) is 2.73. The van der Waals surface area contributed by atoms with Gasteiger partial charge in [-0.15, -0.1) is 11.3 Å². The van der Waals surface area contributed by atoms with E-state index in [1.165, 1.54) is 4.90 Å². The van der Waals surface area contributed by atoms with Crippen LogP contribution in [0.3, 0.4) is 0 Å². The van der Waals surface area contributed by atoms with Crippen molar-refractivity contribution in [3.8, 4) is 5.06 Å². The van der Waals surface area contributed by atoms with Crippen LogP contribution in [-0.4, -0.2) is 29.5 Å². The van der Waals surface area contributed by atoms with Crippen LogP contribution in [0.5, 0.6) is 5.06 Å². The first-order valence-corrected chi connectivity index (χ1v) is 6.28. The maximum absolute atomic E-state index is 11.5. The van der Waals surface area contributed by atoms with Crippen LogP contribution in [0.1, 0.15) is 5.56 Å². The molecule has 1 N–H and O–H groups in total. The Hall–Kier alpha value is -1.08. The SMILES string of the molecule is Cc1csc(OC(=O)O)c1N(C)C(=O)CBr. The molecule has 7 heteroatoms. The van der Waals surface area contributed by atoms with Gasteiger partial charge in [-0.3, -0.25) is 4.79 Å². The summed E-state index contributed by atoms with van der Waals surface area (Å²) in [5, 5.41) is 10.7. The van der Waals surface area contributed by atoms with E-state index in [4.69, 9.17) is 5.11 Å². The molecule has 0 spiro atoms. The van der Waals surface area contributed by atoms with Crippen molar-refractivity contribution >= 4 is 45.0 Å². The Morgan fingerprint density at radius 3 is 2.75 bits per heavy atom. The van der Waals surface area contributed by atoms with Crippen LogP contribution < -0.4 is 9.64 Å². The van der Waals surface area contributed by atoms with Gasteiger partial charge in [0.1, 0.15) is 5.69 Å². The highest BCUT2D eigenvalue weighted by atomic mass is 79.9. The monoisotopic (exact) mass is 307 g/mol. The minimum Gasteiger partial charge on any atom is -0.449 e. The number of thiophene rings is 1. The summed E-state index contributed by atoms with van der Waals surface area (Å²) >= 11 is 4.20. The van der Waals surface area contributed by atoms with Gasteiger partial charge in [-0.05, 0) is 17.9 Å². The van der Waals surface area contributed by atoms with Crippen molar-refractivity contribution < 1.29 is 19.4 Å². The molecule has 5 nitrogen and oxygen atoms in total. The number of carbonyl (C=O) groups excluding carboxylic acids is 1. The average molecular weight is 308 g/mol. The second-order valence-corrected chi connectivity index (χ2v) is 4.41. The van der Waals surface area contributed by atoms with Crippen LogP contribution in [0.25, 0.3) is 0 Å². The molecule has 1 rings (SSSR count). The number of ether oxygens (including phenoxy) is 1. The predicted octanol–water partition coefficient (Wildman–Crippen LogP) is 2.47. The number of carbonyl (C=O) groups is 2. The molecule has 0 fully saturated rings. The Morgan fingerprint density at radius 1 is 1.62 bits per heavy atom. The van der Waals surface area contributed by atoms with Crippen molar-refractivity contribution in [2.75, 3.05) is 17.3 Å². The number of carboxylic acid groups (broad SMARTS) is 1. The Bertz CT molecular complexity index is 418. The first kappa shape index (κ1) is 13.0. The van der Waals surface area contributed by atoms with Crippen molar-refractivity contribution in [2.45, 2.75) is 6.92 Å². The van der Waals surface area contributed by atoms with Gasteiger partial charge in [0, 0.05) is 7.05 Å². The van der Waals surface area contributed by atoms with Gasteiger partial charge in [-0.1, -0.05) is 15.9 Å². The minimum absolute atomic E-state index is 0.170. The van der Waals surface area contributed by atoms with Crippen LogP contribution >= 0.6 is 27.3 Å². The molecule has 0 aliphatic carbocycles. The van der Waals surface area contributed by atoms with Gasteiger partial charge in [0.2, 0.25) is 11.0 Å². The number of halogens is 1. The van der Waals surface area contributed by atoms with E-state index in [0.717, 1.165) is 16.9 Å². The van der Waals surface area contributed by atoms with Gasteiger partial charge in [0.05, 0.1) is 5.33 Å². The molecular formula is C9H10BrNO4S. The molecule has 0 unspecified atom stereocenters. The third-order valence-corrected chi connectivity index (χ3v) is 3.36. The molecule has 0 aliphatic heterocycles. The smallest absolute Gasteiger partial charge is 0.449 e. The van der Waals surface area contributed by atoms with E-state index in [9.17, 15) is 9.59 Å². The zero-order valence-electron chi connectivity index (χ0n) is 8.69. The first-order valence-electron chi connectivity index (χ1n) is 4.28. The second kappa shape index (κ2) is 5.31. The lowest BCUT2D eigenvalue weighted by molar-refractivity contribution is -0.115. The van der Waals surface area contributed by atoms with Crippen molar-refractivity contribution in [3.63, 3.8) is 0 Å². The summed E-state index contributed by atoms with van der Waals surface area (Å²) in [6, 6.07) is 0. The minimum atomic E-state index is -1.39. The number of rotatable bonds is 3. The Kier molecular flexibility index (Phi) is 4.31. The molecule has 0 bridgehead atoms. The average Bonchev–Trinajstić information content (AvgIpc) is 2.56. The van der Waals surface area contributed by atoms with E-state index in [1.807, 2.05) is 0 Å². The predicted molar refractivity (Wildman–Crippen MR) is 64.9 cm³/mol. The van der Waals surface area contributed by atoms with Gasteiger partial charge in [-0.25, -0.2) is 4.79 Å². The van der Waals surface area contributed by atoms with E-state index in [-0.39, 0.29) is 16.3 Å². The maximum Gasteiger partial charge on any atom is 0.512 e. The van der Waals surface area contributed by atoms with Crippen LogP contribution in [0.4, 0.5) is 10.5 Å². The molecule has 0 aromatic carbocycles. The summed E-state index contributed by atoms with van der Waals surface area (Å²) in [5.41, 5.74) is 1.30. The van der Waals surface area contributed by atoms with Crippen molar-refractivity contribution in [1.82, 2.24) is 0 Å². The molecule has 1 aromatic heterocycles. The molecular weight excluding hydrogens is 298 g/mol. The molecule has 0 radical (unpaired) electrons. The summed E-state index contributed by atoms with van der Waals surface area (Å²) in [6.45, 7) is 1.79. The van der Waals surface area contributed by atoms with E-state index >= 15 is 0 Å². The highest BCUT2D eigenvalue weighted by Gasteiger charge is 2.20. The number of aryl methyl sites for hydroxylation is 1. The summed E-state index contributed by atoms with van der Waals surface area (Å²) in [7, 11) is 1.58. The molecule has 88 valence electrons. The third-order valence-electron chi connectivity index (χ3n) is 1.91. The fourth-order valence-electron chi connectivity index (χ4n) is 1.18. The number of nitrogens with zero attached hydrogens (tertiary/aromatic N) is 1. The van der Waals surface area contributed by atoms with Crippen LogP contribution in [-0.2, 0) is 4.79 Å². The quantitative estimate of drug-likeness (QED) is 0.688. The molecule has 1 aromatic rings. The number of hydrogen-bond donors (Lipinski definition) is 1. The number of amides is 1. The van der Waals surface area contributed by atoms with Crippen molar-refractivity contribution in [1.29, 1.82) is 0 Å². The van der Waals surface area contributed by atoms with Gasteiger partial charge in [0.15, 0.2) is 0 Å². The van der Waals surface area contributed by atoms with Crippen molar-refractivity contribution in [3.05, 3.63) is 10.9 Å². The lowest BCUT2D eigenvalue weighted by Crippen LogP contribution is -2.27. The van der Waals surface area contributed by atoms with E-state index < -0.39 is 6.16 Å². The Morgan fingerprint density at radius 2 is 2.25 bits per heavy atom. The first-order chi connectivity index (χ1) is 7.47. The second-order valence-electron chi connectivity index (χ2n) is 3.01. The van der Waals surface area contributed by atoms with Gasteiger partial charge in [-0.2, -0.15) is 0 Å². The largest absolute Gasteiger partial charge is 0.512 e. The van der Waals surface area contributed by atoms with Gasteiger partial charge in [0.25, 0.3) is 0 Å². The molecule has 1 amide bonds. The molecule has 1 heterocycles. The Balaban J connectivity index is 3.05. The van der Waals surface area contributed by atoms with Crippen LogP contribution in [0, 0.1) is 6.92 Å². The van der Waals surface area contributed by atoms with Crippen LogP contribution in [0.2, 0.25) is 0 Å². The maximum atomic E-state index is 11.5. The van der Waals surface area contributed by atoms with E-state index in [1.54, 1.807) is 19.4 Å². The molecule has 0 saturated heterocycles.